The molecule has 2 unspecified atom stereocenters. The summed E-state index contributed by atoms with van der Waals surface area (Å²) in [7, 11) is 0. The fraction of sp³-hybridized carbons (Fsp3) is 0.500. The number of amides is 2. The Morgan fingerprint density at radius 1 is 1.03 bits per heavy atom. The van der Waals surface area contributed by atoms with Crippen molar-refractivity contribution in [3.63, 3.8) is 0 Å². The highest BCUT2D eigenvalue weighted by Crippen LogP contribution is 2.38. The molecule has 5 heteroatoms. The van der Waals surface area contributed by atoms with Crippen molar-refractivity contribution in [2.45, 2.75) is 66.5 Å². The average molecular weight is 451 g/mol. The molecule has 1 heterocycles. The maximum Gasteiger partial charge on any atom is 0.260 e. The van der Waals surface area contributed by atoms with Crippen LogP contribution < -0.4 is 10.1 Å². The van der Waals surface area contributed by atoms with E-state index in [1.165, 1.54) is 11.1 Å². The topological polar surface area (TPSA) is 58.6 Å². The summed E-state index contributed by atoms with van der Waals surface area (Å²) >= 11 is 0. The quantitative estimate of drug-likeness (QED) is 0.612. The lowest BCUT2D eigenvalue weighted by molar-refractivity contribution is -0.134. The van der Waals surface area contributed by atoms with Crippen LogP contribution in [0.1, 0.15) is 69.3 Å². The van der Waals surface area contributed by atoms with Gasteiger partial charge in [0, 0.05) is 19.5 Å². The summed E-state index contributed by atoms with van der Waals surface area (Å²) in [5.74, 6) is 1.39. The third kappa shape index (κ3) is 6.37. The van der Waals surface area contributed by atoms with E-state index in [-0.39, 0.29) is 17.9 Å². The van der Waals surface area contributed by atoms with E-state index in [2.05, 4.69) is 70.3 Å². The molecule has 0 fully saturated rings. The molecule has 3 rings (SSSR count). The highest BCUT2D eigenvalue weighted by Gasteiger charge is 2.32. The number of nitrogens with one attached hydrogen (secondary N) is 1. The summed E-state index contributed by atoms with van der Waals surface area (Å²) in [6, 6.07) is 14.3. The molecule has 33 heavy (non-hydrogen) atoms. The summed E-state index contributed by atoms with van der Waals surface area (Å²) in [4.78, 5) is 27.6. The molecule has 0 bridgehead atoms. The first kappa shape index (κ1) is 24.8. The Bertz CT molecular complexity index is 966. The largest absolute Gasteiger partial charge is 0.481 e. The van der Waals surface area contributed by atoms with Crippen molar-refractivity contribution in [3.8, 4) is 5.75 Å². The van der Waals surface area contributed by atoms with E-state index in [9.17, 15) is 9.59 Å². The SMILES string of the molecule is Cc1ccc(C2c3cc(OC(C)C(=O)NCC(C)C)ccc3CCN2C(=O)CC(C)C)cc1. The van der Waals surface area contributed by atoms with E-state index in [1.807, 2.05) is 17.0 Å². The lowest BCUT2D eigenvalue weighted by Gasteiger charge is -2.38. The summed E-state index contributed by atoms with van der Waals surface area (Å²) in [6.45, 7) is 13.4. The van der Waals surface area contributed by atoms with Crippen LogP contribution in [0.2, 0.25) is 0 Å². The summed E-state index contributed by atoms with van der Waals surface area (Å²) in [6.07, 6.45) is 0.745. The Hall–Kier alpha value is -2.82. The number of carbonyl (C=O) groups is 2. The molecule has 2 atom stereocenters. The van der Waals surface area contributed by atoms with Crippen molar-refractivity contribution >= 4 is 11.8 Å². The maximum absolute atomic E-state index is 13.2. The van der Waals surface area contributed by atoms with Crippen LogP contribution in [0.3, 0.4) is 0 Å². The minimum absolute atomic E-state index is 0.120. The molecule has 2 amide bonds. The highest BCUT2D eigenvalue weighted by molar-refractivity contribution is 5.80. The Labute approximate surface area is 198 Å². The molecule has 0 saturated heterocycles. The Balaban J connectivity index is 1.91. The molecule has 1 aliphatic heterocycles. The van der Waals surface area contributed by atoms with E-state index in [0.717, 1.165) is 17.5 Å². The van der Waals surface area contributed by atoms with E-state index in [1.54, 1.807) is 6.92 Å². The van der Waals surface area contributed by atoms with Gasteiger partial charge in [0.2, 0.25) is 5.91 Å². The number of ether oxygens (including phenoxy) is 1. The van der Waals surface area contributed by atoms with Crippen molar-refractivity contribution in [1.82, 2.24) is 10.2 Å². The molecule has 5 nitrogen and oxygen atoms in total. The Morgan fingerprint density at radius 2 is 1.73 bits per heavy atom. The van der Waals surface area contributed by atoms with Gasteiger partial charge in [-0.05, 0) is 60.9 Å². The van der Waals surface area contributed by atoms with Gasteiger partial charge in [-0.15, -0.1) is 0 Å². The number of hydrogen-bond donors (Lipinski definition) is 1. The summed E-state index contributed by atoms with van der Waals surface area (Å²) < 4.78 is 6.02. The van der Waals surface area contributed by atoms with Crippen LogP contribution in [0.4, 0.5) is 0 Å². The van der Waals surface area contributed by atoms with Crippen LogP contribution in [0, 0.1) is 18.8 Å². The van der Waals surface area contributed by atoms with Crippen molar-refractivity contribution < 1.29 is 14.3 Å². The maximum atomic E-state index is 13.2. The van der Waals surface area contributed by atoms with Crippen LogP contribution in [-0.2, 0) is 16.0 Å². The van der Waals surface area contributed by atoms with E-state index in [4.69, 9.17) is 4.74 Å². The predicted molar refractivity (Wildman–Crippen MR) is 132 cm³/mol. The fourth-order valence-electron chi connectivity index (χ4n) is 4.22. The number of nitrogens with zero attached hydrogens (tertiary/aromatic N) is 1. The second-order valence-corrected chi connectivity index (χ2v) is 10.0. The lowest BCUT2D eigenvalue weighted by Crippen LogP contribution is -2.41. The number of carbonyl (C=O) groups excluding carboxylic acids is 2. The second kappa shape index (κ2) is 10.9. The number of fused-ring (bicyclic) bond motifs is 1. The van der Waals surface area contributed by atoms with Gasteiger partial charge in [-0.2, -0.15) is 0 Å². The Morgan fingerprint density at radius 3 is 2.36 bits per heavy atom. The van der Waals surface area contributed by atoms with Gasteiger partial charge in [0.1, 0.15) is 5.75 Å². The molecular weight excluding hydrogens is 412 g/mol. The van der Waals surface area contributed by atoms with Crippen LogP contribution in [0.5, 0.6) is 5.75 Å². The zero-order valence-corrected chi connectivity index (χ0v) is 20.9. The van der Waals surface area contributed by atoms with Gasteiger partial charge in [0.05, 0.1) is 6.04 Å². The molecule has 178 valence electrons. The lowest BCUT2D eigenvalue weighted by atomic mass is 9.87. The van der Waals surface area contributed by atoms with Crippen LogP contribution in [-0.4, -0.2) is 35.9 Å². The van der Waals surface area contributed by atoms with Gasteiger partial charge < -0.3 is 15.0 Å². The molecule has 2 aromatic carbocycles. The first-order valence-electron chi connectivity index (χ1n) is 12.1. The van der Waals surface area contributed by atoms with Gasteiger partial charge in [-0.1, -0.05) is 63.6 Å². The monoisotopic (exact) mass is 450 g/mol. The van der Waals surface area contributed by atoms with Gasteiger partial charge >= 0.3 is 0 Å². The second-order valence-electron chi connectivity index (χ2n) is 10.0. The van der Waals surface area contributed by atoms with Crippen LogP contribution in [0.15, 0.2) is 42.5 Å². The third-order valence-corrected chi connectivity index (χ3v) is 6.01. The average Bonchev–Trinajstić information content (AvgIpc) is 2.76. The number of aryl methyl sites for hydroxylation is 1. The van der Waals surface area contributed by atoms with Gasteiger partial charge in [-0.25, -0.2) is 0 Å². The first-order chi connectivity index (χ1) is 15.7. The molecule has 1 aliphatic rings. The molecule has 0 radical (unpaired) electrons. The summed E-state index contributed by atoms with van der Waals surface area (Å²) in [5.41, 5.74) is 4.58. The van der Waals surface area contributed by atoms with Crippen LogP contribution in [0.25, 0.3) is 0 Å². The first-order valence-corrected chi connectivity index (χ1v) is 12.1. The molecule has 2 aromatic rings. The van der Waals surface area contributed by atoms with Gasteiger partial charge in [-0.3, -0.25) is 9.59 Å². The van der Waals surface area contributed by atoms with Crippen molar-refractivity contribution in [1.29, 1.82) is 0 Å². The minimum atomic E-state index is -0.595. The van der Waals surface area contributed by atoms with E-state index >= 15 is 0 Å². The smallest absolute Gasteiger partial charge is 0.260 e. The predicted octanol–water partition coefficient (Wildman–Crippen LogP) is 5.05. The van der Waals surface area contributed by atoms with E-state index in [0.29, 0.717) is 37.1 Å². The van der Waals surface area contributed by atoms with Crippen LogP contribution >= 0.6 is 0 Å². The molecular formula is C28H38N2O3. The third-order valence-electron chi connectivity index (χ3n) is 6.01. The molecule has 0 aliphatic carbocycles. The zero-order valence-electron chi connectivity index (χ0n) is 20.9. The fourth-order valence-corrected chi connectivity index (χ4v) is 4.22. The number of rotatable bonds is 8. The zero-order chi connectivity index (χ0) is 24.1. The van der Waals surface area contributed by atoms with Crippen molar-refractivity contribution in [2.24, 2.45) is 11.8 Å². The highest BCUT2D eigenvalue weighted by atomic mass is 16.5. The summed E-state index contributed by atoms with van der Waals surface area (Å²) in [5, 5.41) is 2.93. The number of hydrogen-bond acceptors (Lipinski definition) is 3. The molecule has 0 saturated carbocycles. The molecule has 0 aromatic heterocycles. The van der Waals surface area contributed by atoms with Crippen molar-refractivity contribution in [2.75, 3.05) is 13.1 Å². The molecule has 0 spiro atoms. The van der Waals surface area contributed by atoms with Crippen molar-refractivity contribution in [3.05, 3.63) is 64.7 Å². The van der Waals surface area contributed by atoms with E-state index < -0.39 is 6.10 Å². The van der Waals surface area contributed by atoms with Gasteiger partial charge in [0.15, 0.2) is 6.10 Å². The number of benzene rings is 2. The standard InChI is InChI=1S/C28H38N2O3/c1-18(2)15-26(31)30-14-13-22-11-12-24(33-21(6)28(32)29-17-19(3)4)16-25(22)27(30)23-9-7-20(5)8-10-23/h7-12,16,18-19,21,27H,13-15,17H2,1-6H3,(H,29,32). The van der Waals surface area contributed by atoms with Gasteiger partial charge in [0.25, 0.3) is 5.91 Å². The minimum Gasteiger partial charge on any atom is -0.481 e. The molecule has 1 N–H and O–H groups in total. The Kier molecular flexibility index (Phi) is 8.17. The normalized spacial score (nSPS) is 16.5.